The predicted octanol–water partition coefficient (Wildman–Crippen LogP) is 2.15. The van der Waals surface area contributed by atoms with Gasteiger partial charge in [-0.1, -0.05) is 19.0 Å². The second-order valence-corrected chi connectivity index (χ2v) is 6.58. The summed E-state index contributed by atoms with van der Waals surface area (Å²) in [5.41, 5.74) is 0.525. The number of carbonyl (C=O) groups excluding carboxylic acids is 1. The van der Waals surface area contributed by atoms with Crippen LogP contribution in [-0.4, -0.2) is 47.2 Å². The maximum absolute atomic E-state index is 12.9. The van der Waals surface area contributed by atoms with Crippen LogP contribution in [0.4, 0.5) is 0 Å². The van der Waals surface area contributed by atoms with Gasteiger partial charge in [0, 0.05) is 18.7 Å². The molecule has 1 fully saturated rings. The van der Waals surface area contributed by atoms with Gasteiger partial charge in [0.25, 0.3) is 5.91 Å². The zero-order chi connectivity index (χ0) is 18.1. The van der Waals surface area contributed by atoms with Crippen LogP contribution < -0.4 is 0 Å². The molecule has 0 saturated carbocycles. The fourth-order valence-corrected chi connectivity index (χ4v) is 3.03. The van der Waals surface area contributed by atoms with Crippen molar-refractivity contribution in [3.8, 4) is 5.82 Å². The predicted molar refractivity (Wildman–Crippen MR) is 90.6 cm³/mol. The summed E-state index contributed by atoms with van der Waals surface area (Å²) < 4.78 is 7.09. The summed E-state index contributed by atoms with van der Waals surface area (Å²) in [7, 11) is 0. The highest BCUT2D eigenvalue weighted by molar-refractivity contribution is 5.94. The van der Waals surface area contributed by atoms with Crippen molar-refractivity contribution < 1.29 is 9.32 Å². The minimum Gasteiger partial charge on any atom is -0.337 e. The largest absolute Gasteiger partial charge is 0.337 e. The van der Waals surface area contributed by atoms with Crippen molar-refractivity contribution >= 4 is 5.91 Å². The van der Waals surface area contributed by atoms with E-state index in [2.05, 4.69) is 25.3 Å². The first kappa shape index (κ1) is 16.4. The number of nitrogens with zero attached hydrogens (tertiary/aromatic N) is 7. The third-order valence-corrected chi connectivity index (χ3v) is 4.45. The van der Waals surface area contributed by atoms with Crippen LogP contribution in [0.2, 0.25) is 0 Å². The quantitative estimate of drug-likeness (QED) is 0.708. The maximum atomic E-state index is 12.9. The van der Waals surface area contributed by atoms with E-state index in [9.17, 15) is 4.79 Å². The van der Waals surface area contributed by atoms with Crippen LogP contribution in [0.5, 0.6) is 0 Å². The Morgan fingerprint density at radius 3 is 2.73 bits per heavy atom. The first-order chi connectivity index (χ1) is 12.6. The number of pyridine rings is 1. The smallest absolute Gasteiger partial charge is 0.256 e. The van der Waals surface area contributed by atoms with Crippen molar-refractivity contribution in [1.29, 1.82) is 0 Å². The van der Waals surface area contributed by atoms with Gasteiger partial charge in [0.2, 0.25) is 5.89 Å². The summed E-state index contributed by atoms with van der Waals surface area (Å²) in [5, 5.41) is 11.5. The van der Waals surface area contributed by atoms with Gasteiger partial charge in [0.1, 0.15) is 24.5 Å². The van der Waals surface area contributed by atoms with Crippen molar-refractivity contribution in [2.75, 3.05) is 6.54 Å². The molecule has 0 unspecified atom stereocenters. The number of likely N-dealkylation sites (tertiary alicyclic amines) is 1. The van der Waals surface area contributed by atoms with E-state index in [0.29, 0.717) is 29.6 Å². The molecule has 9 nitrogen and oxygen atoms in total. The molecule has 3 aromatic heterocycles. The lowest BCUT2D eigenvalue weighted by Gasteiger charge is -2.21. The van der Waals surface area contributed by atoms with Crippen LogP contribution in [0.3, 0.4) is 0 Å². The average molecular weight is 353 g/mol. The minimum absolute atomic E-state index is 0.0837. The molecule has 4 heterocycles. The SMILES string of the molecule is CC(C)c1noc([C@@H]2CCCN2C(=O)c2ccc(-n3cnnc3)nc2)n1. The van der Waals surface area contributed by atoms with Gasteiger partial charge < -0.3 is 9.42 Å². The van der Waals surface area contributed by atoms with Crippen LogP contribution >= 0.6 is 0 Å². The molecule has 0 aliphatic carbocycles. The molecule has 1 aliphatic rings. The fourth-order valence-electron chi connectivity index (χ4n) is 3.03. The molecule has 1 aliphatic heterocycles. The van der Waals surface area contributed by atoms with Crippen molar-refractivity contribution in [1.82, 2.24) is 34.8 Å². The zero-order valence-electron chi connectivity index (χ0n) is 14.6. The normalized spacial score (nSPS) is 17.2. The molecular weight excluding hydrogens is 334 g/mol. The van der Waals surface area contributed by atoms with Gasteiger partial charge in [-0.2, -0.15) is 4.98 Å². The second-order valence-electron chi connectivity index (χ2n) is 6.58. The summed E-state index contributed by atoms with van der Waals surface area (Å²) in [6, 6.07) is 3.35. The Morgan fingerprint density at radius 1 is 1.27 bits per heavy atom. The molecule has 0 radical (unpaired) electrons. The third kappa shape index (κ3) is 2.96. The standard InChI is InChI=1S/C17H19N7O2/c1-11(2)15-21-16(26-22-15)13-4-3-7-24(13)17(25)12-5-6-14(18-8-12)23-9-19-20-10-23/h5-6,8-11,13H,3-4,7H2,1-2H3/t13-/m0/s1. The van der Waals surface area contributed by atoms with E-state index in [0.717, 1.165) is 12.8 Å². The molecule has 0 bridgehead atoms. The Morgan fingerprint density at radius 2 is 2.08 bits per heavy atom. The molecule has 26 heavy (non-hydrogen) atoms. The van der Waals surface area contributed by atoms with Crippen LogP contribution in [0.25, 0.3) is 5.82 Å². The summed E-state index contributed by atoms with van der Waals surface area (Å²) >= 11 is 0. The average Bonchev–Trinajstić information content (AvgIpc) is 3.42. The number of amides is 1. The van der Waals surface area contributed by atoms with E-state index in [-0.39, 0.29) is 17.9 Å². The Hall–Kier alpha value is -3.10. The molecule has 0 aromatic carbocycles. The summed E-state index contributed by atoms with van der Waals surface area (Å²) in [4.78, 5) is 23.5. The van der Waals surface area contributed by atoms with Crippen LogP contribution in [-0.2, 0) is 0 Å². The fraction of sp³-hybridized carbons (Fsp3) is 0.412. The van der Waals surface area contributed by atoms with E-state index in [1.165, 1.54) is 0 Å². The van der Waals surface area contributed by atoms with E-state index in [1.807, 2.05) is 13.8 Å². The van der Waals surface area contributed by atoms with Gasteiger partial charge in [-0.3, -0.25) is 9.36 Å². The van der Waals surface area contributed by atoms with Gasteiger partial charge in [-0.15, -0.1) is 10.2 Å². The summed E-state index contributed by atoms with van der Waals surface area (Å²) in [6.45, 7) is 4.68. The molecule has 3 aromatic rings. The molecule has 1 amide bonds. The highest BCUT2D eigenvalue weighted by atomic mass is 16.5. The Bertz CT molecular complexity index is 886. The molecule has 0 spiro atoms. The lowest BCUT2D eigenvalue weighted by atomic mass is 10.2. The van der Waals surface area contributed by atoms with E-state index in [4.69, 9.17) is 4.52 Å². The molecule has 134 valence electrons. The Kier molecular flexibility index (Phi) is 4.19. The van der Waals surface area contributed by atoms with Gasteiger partial charge in [-0.05, 0) is 25.0 Å². The number of carbonyl (C=O) groups is 1. The van der Waals surface area contributed by atoms with Gasteiger partial charge in [-0.25, -0.2) is 4.98 Å². The van der Waals surface area contributed by atoms with Gasteiger partial charge in [0.05, 0.1) is 5.56 Å². The van der Waals surface area contributed by atoms with Crippen molar-refractivity contribution in [2.24, 2.45) is 0 Å². The van der Waals surface area contributed by atoms with Crippen molar-refractivity contribution in [2.45, 2.75) is 38.6 Å². The number of hydrogen-bond donors (Lipinski definition) is 0. The number of aromatic nitrogens is 6. The molecule has 1 atom stereocenters. The van der Waals surface area contributed by atoms with Crippen molar-refractivity contribution in [3.05, 3.63) is 48.3 Å². The number of rotatable bonds is 4. The van der Waals surface area contributed by atoms with Crippen molar-refractivity contribution in [3.63, 3.8) is 0 Å². The van der Waals surface area contributed by atoms with E-state index < -0.39 is 0 Å². The molecular formula is C17H19N7O2. The van der Waals surface area contributed by atoms with Crippen LogP contribution in [0, 0.1) is 0 Å². The lowest BCUT2D eigenvalue weighted by Crippen LogP contribution is -2.30. The summed E-state index contributed by atoms with van der Waals surface area (Å²) in [5.74, 6) is 1.93. The first-order valence-corrected chi connectivity index (χ1v) is 8.59. The lowest BCUT2D eigenvalue weighted by molar-refractivity contribution is 0.0709. The number of hydrogen-bond acceptors (Lipinski definition) is 7. The minimum atomic E-state index is -0.181. The molecule has 1 saturated heterocycles. The second kappa shape index (κ2) is 6.66. The maximum Gasteiger partial charge on any atom is 0.256 e. The zero-order valence-corrected chi connectivity index (χ0v) is 14.6. The third-order valence-electron chi connectivity index (χ3n) is 4.45. The monoisotopic (exact) mass is 353 g/mol. The summed E-state index contributed by atoms with van der Waals surface area (Å²) in [6.07, 6.45) is 6.41. The Labute approximate surface area is 150 Å². The molecule has 4 rings (SSSR count). The van der Waals surface area contributed by atoms with Gasteiger partial charge >= 0.3 is 0 Å². The van der Waals surface area contributed by atoms with Crippen LogP contribution in [0.15, 0.2) is 35.5 Å². The molecule has 9 heteroatoms. The first-order valence-electron chi connectivity index (χ1n) is 8.59. The van der Waals surface area contributed by atoms with E-state index >= 15 is 0 Å². The highest BCUT2D eigenvalue weighted by Gasteiger charge is 2.34. The Balaban J connectivity index is 1.54. The van der Waals surface area contributed by atoms with Crippen LogP contribution in [0.1, 0.15) is 60.7 Å². The topological polar surface area (TPSA) is 103 Å². The molecule has 0 N–H and O–H groups in total. The van der Waals surface area contributed by atoms with Gasteiger partial charge in [0.15, 0.2) is 5.82 Å². The van der Waals surface area contributed by atoms with E-state index in [1.54, 1.807) is 40.5 Å². The highest BCUT2D eigenvalue weighted by Crippen LogP contribution is 2.32.